The Bertz CT molecular complexity index is 1720. The van der Waals surface area contributed by atoms with E-state index in [0.717, 1.165) is 141 Å². The van der Waals surface area contributed by atoms with Crippen LogP contribution < -0.4 is 0 Å². The Balaban J connectivity index is 4.29. The normalized spacial score (nSPS) is 13.4. The Morgan fingerprint density at radius 1 is 0.301 bits per heavy atom. The summed E-state index contributed by atoms with van der Waals surface area (Å²) >= 11 is 0. The van der Waals surface area contributed by atoms with Crippen molar-refractivity contribution < 1.29 is 28.6 Å². The summed E-state index contributed by atoms with van der Waals surface area (Å²) in [5.74, 6) is -1.10. The molecule has 0 amide bonds. The molecule has 0 rings (SSSR count). The fraction of sp³-hybridized carbons (Fsp3) is 0.537. The van der Waals surface area contributed by atoms with Crippen LogP contribution in [0.15, 0.2) is 170 Å². The zero-order valence-electron chi connectivity index (χ0n) is 46.3. The smallest absolute Gasteiger partial charge is 0.310 e. The van der Waals surface area contributed by atoms with Crippen molar-refractivity contribution in [2.45, 2.75) is 219 Å². The van der Waals surface area contributed by atoms with Crippen molar-refractivity contribution in [1.29, 1.82) is 0 Å². The van der Waals surface area contributed by atoms with Crippen LogP contribution in [0.2, 0.25) is 0 Å². The van der Waals surface area contributed by atoms with E-state index in [-0.39, 0.29) is 31.6 Å². The molecular weight excluding hydrogens is 901 g/mol. The van der Waals surface area contributed by atoms with Crippen LogP contribution in [0.1, 0.15) is 213 Å². The van der Waals surface area contributed by atoms with Gasteiger partial charge in [-0.1, -0.05) is 249 Å². The summed E-state index contributed by atoms with van der Waals surface area (Å²) in [4.78, 5) is 37.8. The minimum atomic E-state index is -0.845. The monoisotopic (exact) mass is 1000 g/mol. The largest absolute Gasteiger partial charge is 0.462 e. The summed E-state index contributed by atoms with van der Waals surface area (Å²) in [5, 5.41) is 0. The minimum absolute atomic E-state index is 0.0852. The number of unbranched alkanes of at least 4 members (excludes halogenated alkanes) is 11. The van der Waals surface area contributed by atoms with Crippen LogP contribution in [0, 0.1) is 0 Å². The summed E-state index contributed by atoms with van der Waals surface area (Å²) in [7, 11) is 0. The molecular formula is C67H102O6. The second-order valence-corrected chi connectivity index (χ2v) is 18.1. The highest BCUT2D eigenvalue weighted by molar-refractivity contribution is 5.72. The molecule has 0 aromatic carbocycles. The summed E-state index contributed by atoms with van der Waals surface area (Å²) in [5.41, 5.74) is 0. The first-order chi connectivity index (χ1) is 36.0. The van der Waals surface area contributed by atoms with Crippen molar-refractivity contribution >= 4 is 17.9 Å². The van der Waals surface area contributed by atoms with Gasteiger partial charge in [-0.05, 0) is 116 Å². The molecule has 0 aromatic heterocycles. The molecule has 0 saturated carbocycles. The van der Waals surface area contributed by atoms with Crippen molar-refractivity contribution in [3.63, 3.8) is 0 Å². The van der Waals surface area contributed by atoms with Gasteiger partial charge >= 0.3 is 17.9 Å². The molecule has 0 saturated heterocycles. The molecule has 0 heterocycles. The van der Waals surface area contributed by atoms with Crippen LogP contribution in [-0.4, -0.2) is 37.2 Å². The number of esters is 3. The first-order valence-electron chi connectivity index (χ1n) is 28.6. The molecule has 0 aliphatic heterocycles. The lowest BCUT2D eigenvalue weighted by atomic mass is 10.1. The van der Waals surface area contributed by atoms with Crippen molar-refractivity contribution in [1.82, 2.24) is 0 Å². The van der Waals surface area contributed by atoms with E-state index in [1.54, 1.807) is 6.08 Å². The zero-order valence-corrected chi connectivity index (χ0v) is 46.3. The number of rotatable bonds is 49. The lowest BCUT2D eigenvalue weighted by molar-refractivity contribution is -0.166. The Morgan fingerprint density at radius 3 is 0.904 bits per heavy atom. The summed E-state index contributed by atoms with van der Waals surface area (Å²) < 4.78 is 16.6. The van der Waals surface area contributed by atoms with E-state index in [2.05, 4.69) is 179 Å². The third-order valence-corrected chi connectivity index (χ3v) is 11.2. The molecule has 0 radical (unpaired) electrons. The molecule has 0 spiro atoms. The molecule has 0 N–H and O–H groups in total. The molecule has 0 bridgehead atoms. The van der Waals surface area contributed by atoms with Crippen molar-refractivity contribution in [2.24, 2.45) is 0 Å². The van der Waals surface area contributed by atoms with Gasteiger partial charge in [0.2, 0.25) is 0 Å². The molecule has 1 unspecified atom stereocenters. The first-order valence-corrected chi connectivity index (χ1v) is 28.6. The molecule has 0 aromatic rings. The maximum atomic E-state index is 12.7. The molecule has 1 atom stereocenters. The Hall–Kier alpha value is -5.23. The molecule has 73 heavy (non-hydrogen) atoms. The standard InChI is InChI=1S/C67H102O6/c1-4-7-10-13-16-18-20-22-24-25-26-27-28-29-30-31-32-33-34-35-36-37-38-39-40-41-43-44-46-48-51-54-57-60-66(69)72-63-64(62-71-65(68)59-56-53-50-15-12-9-6-3)73-67(70)61-58-55-52-49-47-45-42-23-21-19-17-14-11-8-5-2/h7-8,10-11,16-19,22-24,26-27,29-30,32-33,35-36,38-39,41-43,47,49,55,58,64H,4-6,9,12-15,20-21,25,28,31,34,37,40,44-46,48,50-54,56-57,59-63H2,1-3H3/b10-7-,11-8-,18-16-,19-17-,24-22-,27-26-,30-29-,33-32-,36-35-,39-38-,42-23-,43-41-,49-47-,58-55-. The van der Waals surface area contributed by atoms with Crippen LogP contribution in [0.5, 0.6) is 0 Å². The van der Waals surface area contributed by atoms with Crippen LogP contribution in [0.4, 0.5) is 0 Å². The quantitative estimate of drug-likeness (QED) is 0.0261. The summed E-state index contributed by atoms with van der Waals surface area (Å²) in [6, 6.07) is 0. The van der Waals surface area contributed by atoms with E-state index >= 15 is 0 Å². The second-order valence-electron chi connectivity index (χ2n) is 18.1. The summed E-state index contributed by atoms with van der Waals surface area (Å²) in [6.07, 6.45) is 88.3. The number of ether oxygens (including phenoxy) is 3. The minimum Gasteiger partial charge on any atom is -0.462 e. The van der Waals surface area contributed by atoms with E-state index < -0.39 is 12.1 Å². The van der Waals surface area contributed by atoms with E-state index in [9.17, 15) is 14.4 Å². The fourth-order valence-corrected chi connectivity index (χ4v) is 7.04. The lowest BCUT2D eigenvalue weighted by Crippen LogP contribution is -2.30. The number of allylic oxidation sites excluding steroid dienone is 27. The lowest BCUT2D eigenvalue weighted by Gasteiger charge is -2.18. The SMILES string of the molecule is CC/C=C\C/C=C\C/C=C\C/C=C\C/C=C\C/C=C\C/C=C\C/C=C\C/C=C\CCCCCCCC(=O)OCC(COC(=O)CCCCCCCCC)OC(=O)C/C=C\C/C=C\C/C=C\C/C=C\C/C=C\CC. The van der Waals surface area contributed by atoms with Gasteiger partial charge in [0, 0.05) is 12.8 Å². The van der Waals surface area contributed by atoms with Gasteiger partial charge in [-0.3, -0.25) is 14.4 Å². The van der Waals surface area contributed by atoms with Gasteiger partial charge in [0.15, 0.2) is 6.10 Å². The molecule has 0 fully saturated rings. The first kappa shape index (κ1) is 67.8. The highest BCUT2D eigenvalue weighted by Gasteiger charge is 2.19. The number of hydrogen-bond donors (Lipinski definition) is 0. The maximum Gasteiger partial charge on any atom is 0.310 e. The average Bonchev–Trinajstić information content (AvgIpc) is 3.39. The molecule has 0 aliphatic carbocycles. The molecule has 0 aliphatic rings. The topological polar surface area (TPSA) is 78.9 Å². The van der Waals surface area contributed by atoms with Gasteiger partial charge < -0.3 is 14.2 Å². The number of carbonyl (C=O) groups is 3. The molecule has 6 nitrogen and oxygen atoms in total. The van der Waals surface area contributed by atoms with Gasteiger partial charge in [-0.2, -0.15) is 0 Å². The van der Waals surface area contributed by atoms with Crippen LogP contribution in [0.3, 0.4) is 0 Å². The van der Waals surface area contributed by atoms with Gasteiger partial charge in [-0.15, -0.1) is 0 Å². The van der Waals surface area contributed by atoms with Crippen LogP contribution in [-0.2, 0) is 28.6 Å². The third-order valence-electron chi connectivity index (χ3n) is 11.2. The Labute approximate surface area is 447 Å². The third kappa shape index (κ3) is 57.5. The Kier molecular flexibility index (Phi) is 55.1. The zero-order chi connectivity index (χ0) is 52.9. The van der Waals surface area contributed by atoms with Crippen molar-refractivity contribution in [3.8, 4) is 0 Å². The second kappa shape index (κ2) is 59.3. The van der Waals surface area contributed by atoms with Crippen molar-refractivity contribution in [2.75, 3.05) is 13.2 Å². The maximum absolute atomic E-state index is 12.7. The van der Waals surface area contributed by atoms with Gasteiger partial charge in [0.25, 0.3) is 0 Å². The fourth-order valence-electron chi connectivity index (χ4n) is 7.04. The van der Waals surface area contributed by atoms with Gasteiger partial charge in [0.1, 0.15) is 13.2 Å². The van der Waals surface area contributed by atoms with E-state index in [0.29, 0.717) is 19.3 Å². The number of carbonyl (C=O) groups excluding carboxylic acids is 3. The Morgan fingerprint density at radius 2 is 0.575 bits per heavy atom. The predicted molar refractivity (Wildman–Crippen MR) is 315 cm³/mol. The molecule has 6 heteroatoms. The predicted octanol–water partition coefficient (Wildman–Crippen LogP) is 19.5. The average molecular weight is 1000 g/mol. The van der Waals surface area contributed by atoms with Crippen molar-refractivity contribution in [3.05, 3.63) is 170 Å². The van der Waals surface area contributed by atoms with E-state index in [1.807, 2.05) is 6.08 Å². The van der Waals surface area contributed by atoms with Gasteiger partial charge in [-0.25, -0.2) is 0 Å². The van der Waals surface area contributed by atoms with E-state index in [4.69, 9.17) is 14.2 Å². The molecule has 406 valence electrons. The number of hydrogen-bond acceptors (Lipinski definition) is 6. The van der Waals surface area contributed by atoms with E-state index in [1.165, 1.54) is 25.7 Å². The highest BCUT2D eigenvalue weighted by atomic mass is 16.6. The van der Waals surface area contributed by atoms with Crippen LogP contribution >= 0.6 is 0 Å². The van der Waals surface area contributed by atoms with Gasteiger partial charge in [0.05, 0.1) is 6.42 Å². The van der Waals surface area contributed by atoms with Crippen LogP contribution in [0.25, 0.3) is 0 Å². The highest BCUT2D eigenvalue weighted by Crippen LogP contribution is 2.12. The summed E-state index contributed by atoms with van der Waals surface area (Å²) in [6.45, 7) is 6.23.